The van der Waals surface area contributed by atoms with Crippen LogP contribution in [0.5, 0.6) is 0 Å². The number of nitrogens with one attached hydrogen (secondary N) is 2. The van der Waals surface area contributed by atoms with Crippen molar-refractivity contribution in [3.05, 3.63) is 60.2 Å². The third kappa shape index (κ3) is 9.04. The molecule has 1 aromatic rings. The zero-order valence-corrected chi connectivity index (χ0v) is 17.7. The molecular weight excluding hydrogens is 338 g/mol. The number of rotatable bonds is 12. The number of benzene rings is 1. The first kappa shape index (κ1) is 22.2. The molecule has 0 bridgehead atoms. The topological polar surface area (TPSA) is 27.3 Å². The molecule has 0 aliphatic heterocycles. The zero-order chi connectivity index (χ0) is 19.5. The summed E-state index contributed by atoms with van der Waals surface area (Å²) >= 11 is 4.18. The van der Waals surface area contributed by atoms with Crippen molar-refractivity contribution in [3.63, 3.8) is 0 Å². The fraction of sp³-hybridized carbons (Fsp3) is 0.455. The van der Waals surface area contributed by atoms with Gasteiger partial charge < -0.3 is 15.8 Å². The van der Waals surface area contributed by atoms with E-state index in [1.807, 2.05) is 6.08 Å². The molecule has 2 N–H and O–H groups in total. The number of allylic oxidation sites excluding steroid dienone is 2. The number of thiol groups is 1. The second-order valence-corrected chi connectivity index (χ2v) is 8.02. The molecule has 4 heteroatoms. The van der Waals surface area contributed by atoms with E-state index < -0.39 is 0 Å². The normalized spacial score (nSPS) is 11.6. The predicted octanol–water partition coefficient (Wildman–Crippen LogP) is 6.02. The lowest BCUT2D eigenvalue weighted by Crippen LogP contribution is -2.27. The van der Waals surface area contributed by atoms with Gasteiger partial charge in [0, 0.05) is 18.8 Å². The van der Waals surface area contributed by atoms with Crippen LogP contribution >= 0.6 is 12.6 Å². The molecule has 0 saturated carbocycles. The molecule has 26 heavy (non-hydrogen) atoms. The summed E-state index contributed by atoms with van der Waals surface area (Å²) in [5.74, 6) is 1.43. The van der Waals surface area contributed by atoms with Crippen molar-refractivity contribution in [2.24, 2.45) is 11.8 Å². The lowest BCUT2D eigenvalue weighted by Gasteiger charge is -2.27. The van der Waals surface area contributed by atoms with Gasteiger partial charge in [-0.15, -0.1) is 12.6 Å². The van der Waals surface area contributed by atoms with Gasteiger partial charge in [-0.3, -0.25) is 0 Å². The van der Waals surface area contributed by atoms with E-state index in [9.17, 15) is 0 Å². The molecule has 0 aliphatic rings. The van der Waals surface area contributed by atoms with Crippen LogP contribution in [0, 0.1) is 11.8 Å². The van der Waals surface area contributed by atoms with Gasteiger partial charge in [-0.05, 0) is 66.0 Å². The summed E-state index contributed by atoms with van der Waals surface area (Å²) < 4.78 is 0. The van der Waals surface area contributed by atoms with Crippen molar-refractivity contribution in [2.75, 3.05) is 23.4 Å². The second kappa shape index (κ2) is 11.7. The van der Waals surface area contributed by atoms with Crippen LogP contribution in [0.1, 0.15) is 40.5 Å². The van der Waals surface area contributed by atoms with Crippen LogP contribution in [0.3, 0.4) is 0 Å². The fourth-order valence-electron chi connectivity index (χ4n) is 2.42. The van der Waals surface area contributed by atoms with E-state index >= 15 is 0 Å². The molecule has 0 heterocycles. The van der Waals surface area contributed by atoms with Gasteiger partial charge in [0.2, 0.25) is 0 Å². The maximum atomic E-state index is 4.18. The van der Waals surface area contributed by atoms with Gasteiger partial charge in [0.25, 0.3) is 0 Å². The lowest BCUT2D eigenvalue weighted by molar-refractivity contribution is 0.535. The van der Waals surface area contributed by atoms with Crippen molar-refractivity contribution in [1.29, 1.82) is 0 Å². The number of anilines is 2. The van der Waals surface area contributed by atoms with Crippen molar-refractivity contribution in [3.8, 4) is 0 Å². The van der Waals surface area contributed by atoms with Crippen LogP contribution in [0.25, 0.3) is 0 Å². The van der Waals surface area contributed by atoms with E-state index in [0.29, 0.717) is 16.7 Å². The largest absolute Gasteiger partial charge is 0.372 e. The van der Waals surface area contributed by atoms with Crippen LogP contribution in [0.4, 0.5) is 11.4 Å². The first-order valence-electron chi connectivity index (χ1n) is 9.40. The minimum absolute atomic E-state index is 0.676. The van der Waals surface area contributed by atoms with E-state index in [0.717, 1.165) is 24.5 Å². The third-order valence-electron chi connectivity index (χ3n) is 4.08. The molecule has 0 spiro atoms. The molecule has 3 nitrogen and oxygen atoms in total. The highest BCUT2D eigenvalue weighted by Crippen LogP contribution is 2.20. The Bertz CT molecular complexity index is 576. The summed E-state index contributed by atoms with van der Waals surface area (Å²) in [6.07, 6.45) is 5.96. The van der Waals surface area contributed by atoms with Crippen LogP contribution < -0.4 is 15.8 Å². The Hall–Kier alpha value is -1.81. The SMILES string of the molecule is C=C/C(=C\C(=C)S)NNc1ccc(N(CCC(C)C)CCC(C)C)cc1. The Kier molecular flexibility index (Phi) is 10.0. The van der Waals surface area contributed by atoms with Crippen LogP contribution in [-0.2, 0) is 0 Å². The summed E-state index contributed by atoms with van der Waals surface area (Å²) in [6.45, 7) is 18.9. The first-order chi connectivity index (χ1) is 12.3. The first-order valence-corrected chi connectivity index (χ1v) is 9.85. The molecular formula is C22H35N3S. The van der Waals surface area contributed by atoms with Crippen LogP contribution in [0.2, 0.25) is 0 Å². The van der Waals surface area contributed by atoms with Gasteiger partial charge in [0.15, 0.2) is 0 Å². The van der Waals surface area contributed by atoms with Gasteiger partial charge in [-0.1, -0.05) is 40.9 Å². The molecule has 0 saturated heterocycles. The van der Waals surface area contributed by atoms with Gasteiger partial charge in [0.1, 0.15) is 0 Å². The molecule has 144 valence electrons. The maximum Gasteiger partial charge on any atom is 0.0544 e. The molecule has 1 aromatic carbocycles. The second-order valence-electron chi connectivity index (χ2n) is 7.44. The van der Waals surface area contributed by atoms with Crippen molar-refractivity contribution >= 4 is 24.0 Å². The Morgan fingerprint density at radius 3 is 2.04 bits per heavy atom. The standard InChI is InChI=1S/C22H35N3S/c1-7-20(16-19(6)26)23-24-21-8-10-22(11-9-21)25(14-12-17(2)3)15-13-18(4)5/h7-11,16-18,23-24,26H,1,6,12-15H2,2-5H3/b20-16+. The summed E-state index contributed by atoms with van der Waals surface area (Å²) in [7, 11) is 0. The minimum Gasteiger partial charge on any atom is -0.372 e. The van der Waals surface area contributed by atoms with Gasteiger partial charge in [-0.2, -0.15) is 0 Å². The van der Waals surface area contributed by atoms with Gasteiger partial charge in [-0.25, -0.2) is 0 Å². The Labute approximate surface area is 165 Å². The lowest BCUT2D eigenvalue weighted by atomic mass is 10.1. The van der Waals surface area contributed by atoms with E-state index in [1.54, 1.807) is 6.08 Å². The average Bonchev–Trinajstić information content (AvgIpc) is 2.58. The minimum atomic E-state index is 0.676. The molecule has 0 amide bonds. The monoisotopic (exact) mass is 373 g/mol. The fourth-order valence-corrected chi connectivity index (χ4v) is 2.56. The van der Waals surface area contributed by atoms with Crippen LogP contribution in [-0.4, -0.2) is 13.1 Å². The highest BCUT2D eigenvalue weighted by atomic mass is 32.1. The summed E-state index contributed by atoms with van der Waals surface area (Å²) in [5, 5.41) is 0. The highest BCUT2D eigenvalue weighted by Gasteiger charge is 2.09. The van der Waals surface area contributed by atoms with E-state index in [-0.39, 0.29) is 0 Å². The molecule has 0 fully saturated rings. The Balaban J connectivity index is 2.73. The number of hydrogen-bond donors (Lipinski definition) is 3. The van der Waals surface area contributed by atoms with E-state index in [1.165, 1.54) is 18.5 Å². The van der Waals surface area contributed by atoms with Crippen LogP contribution in [0.15, 0.2) is 60.2 Å². The predicted molar refractivity (Wildman–Crippen MR) is 121 cm³/mol. The molecule has 0 radical (unpaired) electrons. The Morgan fingerprint density at radius 2 is 1.62 bits per heavy atom. The molecule has 0 aliphatic carbocycles. The molecule has 1 rings (SSSR count). The number of nitrogens with zero attached hydrogens (tertiary/aromatic N) is 1. The smallest absolute Gasteiger partial charge is 0.0544 e. The molecule has 0 atom stereocenters. The van der Waals surface area contributed by atoms with Gasteiger partial charge >= 0.3 is 0 Å². The average molecular weight is 374 g/mol. The summed E-state index contributed by atoms with van der Waals surface area (Å²) in [5.41, 5.74) is 9.40. The van der Waals surface area contributed by atoms with Crippen molar-refractivity contribution < 1.29 is 0 Å². The number of hydrogen-bond acceptors (Lipinski definition) is 4. The van der Waals surface area contributed by atoms with E-state index in [2.05, 4.69) is 93.5 Å². The summed E-state index contributed by atoms with van der Waals surface area (Å²) in [6, 6.07) is 8.55. The summed E-state index contributed by atoms with van der Waals surface area (Å²) in [4.78, 5) is 3.17. The number of hydrazine groups is 1. The van der Waals surface area contributed by atoms with Crippen molar-refractivity contribution in [2.45, 2.75) is 40.5 Å². The quantitative estimate of drug-likeness (QED) is 0.238. The highest BCUT2D eigenvalue weighted by molar-refractivity contribution is 7.84. The molecule has 0 aromatic heterocycles. The van der Waals surface area contributed by atoms with Gasteiger partial charge in [0.05, 0.1) is 11.4 Å². The maximum absolute atomic E-state index is 4.18. The van der Waals surface area contributed by atoms with Crippen molar-refractivity contribution in [1.82, 2.24) is 5.43 Å². The third-order valence-corrected chi connectivity index (χ3v) is 4.21. The van der Waals surface area contributed by atoms with E-state index in [4.69, 9.17) is 0 Å². The Morgan fingerprint density at radius 1 is 1.08 bits per heavy atom. The zero-order valence-electron chi connectivity index (χ0n) is 16.8. The molecule has 0 unspecified atom stereocenters.